The summed E-state index contributed by atoms with van der Waals surface area (Å²) in [7, 11) is 0. The molecule has 138 valence electrons. The van der Waals surface area contributed by atoms with Gasteiger partial charge in [-0.3, -0.25) is 9.89 Å². The van der Waals surface area contributed by atoms with Crippen molar-refractivity contribution in [2.24, 2.45) is 5.41 Å². The summed E-state index contributed by atoms with van der Waals surface area (Å²) >= 11 is 0. The molecule has 6 nitrogen and oxygen atoms in total. The fourth-order valence-corrected chi connectivity index (χ4v) is 4.70. The molecule has 0 unspecified atom stereocenters. The van der Waals surface area contributed by atoms with Gasteiger partial charge in [0.05, 0.1) is 0 Å². The highest BCUT2D eigenvalue weighted by atomic mass is 16.2. The quantitative estimate of drug-likeness (QED) is 0.921. The third kappa shape index (κ3) is 3.38. The van der Waals surface area contributed by atoms with Gasteiger partial charge in [-0.1, -0.05) is 37.3 Å². The third-order valence-corrected chi connectivity index (χ3v) is 6.16. The first kappa shape index (κ1) is 17.2. The summed E-state index contributed by atoms with van der Waals surface area (Å²) in [4.78, 5) is 21.0. The Morgan fingerprint density at radius 2 is 2.04 bits per heavy atom. The summed E-state index contributed by atoms with van der Waals surface area (Å²) in [6.45, 7) is 7.24. The normalized spacial score (nSPS) is 23.3. The monoisotopic (exact) mass is 353 g/mol. The van der Waals surface area contributed by atoms with E-state index in [-0.39, 0.29) is 5.91 Å². The molecule has 1 atom stereocenters. The molecule has 0 radical (unpaired) electrons. The predicted octanol–water partition coefficient (Wildman–Crippen LogP) is 2.54. The maximum atomic E-state index is 12.5. The number of H-pyrrole nitrogens is 1. The van der Waals surface area contributed by atoms with Gasteiger partial charge < -0.3 is 9.80 Å². The number of benzene rings is 1. The minimum absolute atomic E-state index is 0.0277. The number of likely N-dealkylation sites (N-methyl/N-ethyl adjacent to an activating group) is 1. The van der Waals surface area contributed by atoms with Gasteiger partial charge in [0, 0.05) is 26.2 Å². The van der Waals surface area contributed by atoms with Crippen LogP contribution in [0.1, 0.15) is 48.3 Å². The molecule has 4 rings (SSSR count). The van der Waals surface area contributed by atoms with Crippen molar-refractivity contribution in [3.8, 4) is 0 Å². The van der Waals surface area contributed by atoms with Gasteiger partial charge in [0.1, 0.15) is 6.33 Å². The van der Waals surface area contributed by atoms with E-state index in [2.05, 4.69) is 57.3 Å². The molecule has 26 heavy (non-hydrogen) atoms. The Bertz CT molecular complexity index is 722. The second-order valence-electron chi connectivity index (χ2n) is 7.77. The molecule has 2 saturated heterocycles. The minimum Gasteiger partial charge on any atom is -0.336 e. The van der Waals surface area contributed by atoms with Crippen molar-refractivity contribution in [2.75, 3.05) is 32.7 Å². The summed E-state index contributed by atoms with van der Waals surface area (Å²) in [5.74, 6) is 0.906. The lowest BCUT2D eigenvalue weighted by Crippen LogP contribution is -2.52. The van der Waals surface area contributed by atoms with Gasteiger partial charge in [0.25, 0.3) is 5.91 Å². The summed E-state index contributed by atoms with van der Waals surface area (Å²) in [5.41, 5.74) is 1.76. The van der Waals surface area contributed by atoms with Gasteiger partial charge in [0.2, 0.25) is 5.82 Å². The summed E-state index contributed by atoms with van der Waals surface area (Å²) < 4.78 is 0. The molecule has 0 bridgehead atoms. The number of piperidine rings is 2. The number of hydrogen-bond acceptors (Lipinski definition) is 4. The Kier molecular flexibility index (Phi) is 4.76. The van der Waals surface area contributed by atoms with Crippen LogP contribution >= 0.6 is 0 Å². The van der Waals surface area contributed by atoms with Crippen LogP contribution in [0, 0.1) is 5.41 Å². The van der Waals surface area contributed by atoms with Crippen LogP contribution in [0.2, 0.25) is 0 Å². The second kappa shape index (κ2) is 7.19. The SMILES string of the molecule is CCN1C[C@@H](c2ccccc2)CC2(CCN(C(=O)c3ncn[nH]3)CC2)C1. The molecular formula is C20H27N5O. The van der Waals surface area contributed by atoms with Crippen molar-refractivity contribution in [1.29, 1.82) is 0 Å². The van der Waals surface area contributed by atoms with Crippen molar-refractivity contribution < 1.29 is 4.79 Å². The molecule has 1 aromatic heterocycles. The molecule has 2 fully saturated rings. The van der Waals surface area contributed by atoms with E-state index in [1.807, 2.05) is 4.90 Å². The van der Waals surface area contributed by atoms with Crippen molar-refractivity contribution in [3.63, 3.8) is 0 Å². The van der Waals surface area contributed by atoms with Gasteiger partial charge in [-0.2, -0.15) is 5.10 Å². The smallest absolute Gasteiger partial charge is 0.291 e. The van der Waals surface area contributed by atoms with Crippen LogP contribution in [-0.4, -0.2) is 63.6 Å². The van der Waals surface area contributed by atoms with E-state index in [0.717, 1.165) is 45.6 Å². The average molecular weight is 353 g/mol. The fraction of sp³-hybridized carbons (Fsp3) is 0.550. The number of aromatic nitrogens is 3. The number of hydrogen-bond donors (Lipinski definition) is 1. The molecule has 3 heterocycles. The highest BCUT2D eigenvalue weighted by Crippen LogP contribution is 2.45. The zero-order valence-corrected chi connectivity index (χ0v) is 15.4. The number of amides is 1. The number of aromatic amines is 1. The van der Waals surface area contributed by atoms with E-state index < -0.39 is 0 Å². The number of carbonyl (C=O) groups is 1. The van der Waals surface area contributed by atoms with Gasteiger partial charge in [-0.05, 0) is 42.7 Å². The van der Waals surface area contributed by atoms with Gasteiger partial charge in [-0.15, -0.1) is 0 Å². The first-order valence-corrected chi connectivity index (χ1v) is 9.61. The van der Waals surface area contributed by atoms with Crippen molar-refractivity contribution in [1.82, 2.24) is 25.0 Å². The van der Waals surface area contributed by atoms with Crippen LogP contribution in [0.25, 0.3) is 0 Å². The lowest BCUT2D eigenvalue weighted by molar-refractivity contribution is 0.0154. The molecule has 2 aromatic rings. The molecule has 1 spiro atoms. The molecule has 1 N–H and O–H groups in total. The maximum absolute atomic E-state index is 12.5. The van der Waals surface area contributed by atoms with E-state index in [4.69, 9.17) is 0 Å². The summed E-state index contributed by atoms with van der Waals surface area (Å²) in [6, 6.07) is 10.9. The topological polar surface area (TPSA) is 65.1 Å². The zero-order chi connectivity index (χ0) is 18.0. The summed E-state index contributed by atoms with van der Waals surface area (Å²) in [6.07, 6.45) is 4.74. The standard InChI is InChI=1S/C20H27N5O/c1-2-24-13-17(16-6-4-3-5-7-16)12-20(14-24)8-10-25(11-9-20)19(26)18-21-15-22-23-18/h3-7,15,17H,2,8-14H2,1H3,(H,21,22,23)/t17-/m0/s1. The summed E-state index contributed by atoms with van der Waals surface area (Å²) in [5, 5.41) is 6.49. The molecule has 1 amide bonds. The third-order valence-electron chi connectivity index (χ3n) is 6.16. The van der Waals surface area contributed by atoms with E-state index >= 15 is 0 Å². The molecule has 2 aliphatic rings. The molecule has 2 aliphatic heterocycles. The van der Waals surface area contributed by atoms with Crippen LogP contribution in [0.15, 0.2) is 36.7 Å². The molecule has 0 aliphatic carbocycles. The van der Waals surface area contributed by atoms with Crippen LogP contribution in [0.3, 0.4) is 0 Å². The van der Waals surface area contributed by atoms with Crippen LogP contribution in [0.4, 0.5) is 0 Å². The van der Waals surface area contributed by atoms with Crippen LogP contribution < -0.4 is 0 Å². The van der Waals surface area contributed by atoms with Crippen LogP contribution in [0.5, 0.6) is 0 Å². The van der Waals surface area contributed by atoms with Gasteiger partial charge >= 0.3 is 0 Å². The molecule has 6 heteroatoms. The number of carbonyl (C=O) groups excluding carboxylic acids is 1. The maximum Gasteiger partial charge on any atom is 0.291 e. The lowest BCUT2D eigenvalue weighted by Gasteiger charge is -2.50. The Labute approximate surface area is 154 Å². The zero-order valence-electron chi connectivity index (χ0n) is 15.4. The predicted molar refractivity (Wildman–Crippen MR) is 99.9 cm³/mol. The average Bonchev–Trinajstić information content (AvgIpc) is 3.23. The van der Waals surface area contributed by atoms with Gasteiger partial charge in [0.15, 0.2) is 0 Å². The number of rotatable bonds is 3. The van der Waals surface area contributed by atoms with Crippen molar-refractivity contribution >= 4 is 5.91 Å². The minimum atomic E-state index is -0.0277. The fourth-order valence-electron chi connectivity index (χ4n) is 4.70. The number of nitrogens with zero attached hydrogens (tertiary/aromatic N) is 4. The Morgan fingerprint density at radius 1 is 1.27 bits per heavy atom. The Hall–Kier alpha value is -2.21. The highest BCUT2D eigenvalue weighted by Gasteiger charge is 2.42. The number of nitrogens with one attached hydrogen (secondary N) is 1. The van der Waals surface area contributed by atoms with Gasteiger partial charge in [-0.25, -0.2) is 4.98 Å². The second-order valence-corrected chi connectivity index (χ2v) is 7.77. The lowest BCUT2D eigenvalue weighted by atomic mass is 9.68. The number of likely N-dealkylation sites (tertiary alicyclic amines) is 2. The van der Waals surface area contributed by atoms with E-state index in [1.54, 1.807) is 0 Å². The molecule has 1 aromatic carbocycles. The molecule has 0 saturated carbocycles. The first-order valence-electron chi connectivity index (χ1n) is 9.61. The van der Waals surface area contributed by atoms with E-state index in [0.29, 0.717) is 17.2 Å². The van der Waals surface area contributed by atoms with Crippen LogP contribution in [-0.2, 0) is 0 Å². The van der Waals surface area contributed by atoms with E-state index in [9.17, 15) is 4.79 Å². The Morgan fingerprint density at radius 3 is 2.69 bits per heavy atom. The Balaban J connectivity index is 1.47. The molecular weight excluding hydrogens is 326 g/mol. The first-order chi connectivity index (χ1) is 12.7. The largest absolute Gasteiger partial charge is 0.336 e. The highest BCUT2D eigenvalue weighted by molar-refractivity contribution is 5.90. The van der Waals surface area contributed by atoms with E-state index in [1.165, 1.54) is 18.3 Å². The van der Waals surface area contributed by atoms with Crippen molar-refractivity contribution in [3.05, 3.63) is 48.0 Å². The van der Waals surface area contributed by atoms with Crippen molar-refractivity contribution in [2.45, 2.75) is 32.1 Å².